The number of rotatable bonds is 5. The predicted molar refractivity (Wildman–Crippen MR) is 104 cm³/mol. The average molecular weight is 364 g/mol. The standard InChI is InChI=1S/C20H20N4O3/c1-12-8-13(2)10-16(9-12)27-20-18(24(25)26)19(21-11-22-20)23-17-7-5-6-14(3)15(17)4/h5-11H,1-4H3,(H,21,22,23). The molecule has 1 heterocycles. The fourth-order valence-corrected chi connectivity index (χ4v) is 2.81. The van der Waals surface area contributed by atoms with E-state index < -0.39 is 4.92 Å². The molecule has 7 heteroatoms. The third-order valence-electron chi connectivity index (χ3n) is 4.24. The maximum atomic E-state index is 11.7. The summed E-state index contributed by atoms with van der Waals surface area (Å²) in [4.78, 5) is 19.2. The SMILES string of the molecule is Cc1cc(C)cc(Oc2ncnc(Nc3cccc(C)c3C)c2[N+](=O)[O-])c1. The Morgan fingerprint density at radius 1 is 1.04 bits per heavy atom. The van der Waals surface area contributed by atoms with E-state index in [-0.39, 0.29) is 17.4 Å². The molecule has 0 amide bonds. The van der Waals surface area contributed by atoms with Gasteiger partial charge in [-0.1, -0.05) is 18.2 Å². The highest BCUT2D eigenvalue weighted by molar-refractivity contribution is 5.71. The lowest BCUT2D eigenvalue weighted by atomic mass is 10.1. The van der Waals surface area contributed by atoms with Gasteiger partial charge in [-0.05, 0) is 68.1 Å². The number of aromatic nitrogens is 2. The first-order chi connectivity index (χ1) is 12.8. The molecule has 0 atom stereocenters. The highest BCUT2D eigenvalue weighted by Crippen LogP contribution is 2.36. The maximum Gasteiger partial charge on any atom is 0.373 e. The number of aryl methyl sites for hydroxylation is 3. The summed E-state index contributed by atoms with van der Waals surface area (Å²) in [6, 6.07) is 11.3. The highest BCUT2D eigenvalue weighted by Gasteiger charge is 2.25. The second kappa shape index (κ2) is 7.41. The van der Waals surface area contributed by atoms with Crippen LogP contribution in [0.3, 0.4) is 0 Å². The van der Waals surface area contributed by atoms with Crippen molar-refractivity contribution in [3.05, 3.63) is 75.1 Å². The third-order valence-corrected chi connectivity index (χ3v) is 4.24. The second-order valence-electron chi connectivity index (χ2n) is 6.43. The van der Waals surface area contributed by atoms with Gasteiger partial charge < -0.3 is 10.1 Å². The Bertz CT molecular complexity index is 998. The summed E-state index contributed by atoms with van der Waals surface area (Å²) >= 11 is 0. The minimum atomic E-state index is -0.536. The summed E-state index contributed by atoms with van der Waals surface area (Å²) in [5, 5.41) is 14.8. The van der Waals surface area contributed by atoms with Gasteiger partial charge in [-0.15, -0.1) is 0 Å². The Kier molecular flexibility index (Phi) is 5.03. The number of ether oxygens (including phenoxy) is 1. The van der Waals surface area contributed by atoms with Crippen LogP contribution in [0.2, 0.25) is 0 Å². The van der Waals surface area contributed by atoms with Crippen LogP contribution >= 0.6 is 0 Å². The second-order valence-corrected chi connectivity index (χ2v) is 6.43. The zero-order valence-electron chi connectivity index (χ0n) is 15.6. The van der Waals surface area contributed by atoms with Crippen LogP contribution in [0.15, 0.2) is 42.7 Å². The van der Waals surface area contributed by atoms with Gasteiger partial charge in [0.2, 0.25) is 5.82 Å². The van der Waals surface area contributed by atoms with Crippen molar-refractivity contribution in [2.75, 3.05) is 5.32 Å². The van der Waals surface area contributed by atoms with Crippen molar-refractivity contribution in [1.82, 2.24) is 9.97 Å². The van der Waals surface area contributed by atoms with Crippen molar-refractivity contribution in [1.29, 1.82) is 0 Å². The Labute approximate surface area is 157 Å². The van der Waals surface area contributed by atoms with E-state index in [0.717, 1.165) is 27.9 Å². The van der Waals surface area contributed by atoms with Crippen molar-refractivity contribution in [2.45, 2.75) is 27.7 Å². The van der Waals surface area contributed by atoms with Gasteiger partial charge in [0, 0.05) is 5.69 Å². The largest absolute Gasteiger partial charge is 0.434 e. The molecule has 0 radical (unpaired) electrons. The summed E-state index contributed by atoms with van der Waals surface area (Å²) in [7, 11) is 0. The smallest absolute Gasteiger partial charge is 0.373 e. The molecule has 0 aliphatic heterocycles. The van der Waals surface area contributed by atoms with Gasteiger partial charge in [0.1, 0.15) is 12.1 Å². The van der Waals surface area contributed by atoms with Gasteiger partial charge in [0.25, 0.3) is 0 Å². The lowest BCUT2D eigenvalue weighted by Crippen LogP contribution is -2.04. The molecule has 7 nitrogen and oxygen atoms in total. The summed E-state index contributed by atoms with van der Waals surface area (Å²) in [6.07, 6.45) is 1.25. The van der Waals surface area contributed by atoms with E-state index >= 15 is 0 Å². The molecule has 0 saturated carbocycles. The number of nitro groups is 1. The molecule has 3 aromatic rings. The molecular formula is C20H20N4O3. The minimum Gasteiger partial charge on any atom is -0.434 e. The number of nitrogens with one attached hydrogen (secondary N) is 1. The fourth-order valence-electron chi connectivity index (χ4n) is 2.81. The van der Waals surface area contributed by atoms with Gasteiger partial charge in [-0.2, -0.15) is 4.98 Å². The molecule has 0 saturated heterocycles. The van der Waals surface area contributed by atoms with Crippen LogP contribution in [0, 0.1) is 37.8 Å². The first kappa shape index (κ1) is 18.3. The lowest BCUT2D eigenvalue weighted by Gasteiger charge is -2.12. The van der Waals surface area contributed by atoms with Crippen LogP contribution in [-0.4, -0.2) is 14.9 Å². The molecule has 0 aliphatic rings. The Morgan fingerprint density at radius 3 is 2.41 bits per heavy atom. The number of hydrogen-bond acceptors (Lipinski definition) is 6. The predicted octanol–water partition coefficient (Wildman–Crippen LogP) is 5.15. The Hall–Kier alpha value is -3.48. The normalized spacial score (nSPS) is 10.5. The van der Waals surface area contributed by atoms with Gasteiger partial charge in [-0.25, -0.2) is 4.98 Å². The Morgan fingerprint density at radius 2 is 1.74 bits per heavy atom. The summed E-state index contributed by atoms with van der Waals surface area (Å²) in [5.74, 6) is 0.475. The van der Waals surface area contributed by atoms with Gasteiger partial charge in [0.05, 0.1) is 4.92 Å². The molecule has 1 N–H and O–H groups in total. The van der Waals surface area contributed by atoms with E-state index in [1.807, 2.05) is 52.0 Å². The van der Waals surface area contributed by atoms with E-state index in [1.54, 1.807) is 12.1 Å². The van der Waals surface area contributed by atoms with Crippen LogP contribution in [0.5, 0.6) is 11.6 Å². The van der Waals surface area contributed by atoms with Crippen LogP contribution in [0.4, 0.5) is 17.2 Å². The molecule has 27 heavy (non-hydrogen) atoms. The van der Waals surface area contributed by atoms with Crippen molar-refractivity contribution >= 4 is 17.2 Å². The molecule has 3 rings (SSSR count). The van der Waals surface area contributed by atoms with E-state index in [9.17, 15) is 10.1 Å². The maximum absolute atomic E-state index is 11.7. The van der Waals surface area contributed by atoms with Crippen LogP contribution in [0.25, 0.3) is 0 Å². The zero-order valence-corrected chi connectivity index (χ0v) is 15.6. The molecule has 0 aliphatic carbocycles. The molecular weight excluding hydrogens is 344 g/mol. The van der Waals surface area contributed by atoms with Crippen LogP contribution in [0.1, 0.15) is 22.3 Å². The van der Waals surface area contributed by atoms with E-state index in [0.29, 0.717) is 5.75 Å². The molecule has 138 valence electrons. The van der Waals surface area contributed by atoms with Gasteiger partial charge in [0.15, 0.2) is 0 Å². The number of anilines is 2. The van der Waals surface area contributed by atoms with Crippen molar-refractivity contribution < 1.29 is 9.66 Å². The van der Waals surface area contributed by atoms with Gasteiger partial charge >= 0.3 is 11.6 Å². The van der Waals surface area contributed by atoms with Gasteiger partial charge in [-0.3, -0.25) is 10.1 Å². The van der Waals surface area contributed by atoms with E-state index in [2.05, 4.69) is 15.3 Å². The Balaban J connectivity index is 2.02. The monoisotopic (exact) mass is 364 g/mol. The first-order valence-corrected chi connectivity index (χ1v) is 8.44. The average Bonchev–Trinajstić information content (AvgIpc) is 2.58. The van der Waals surface area contributed by atoms with Crippen molar-refractivity contribution in [3.63, 3.8) is 0 Å². The summed E-state index contributed by atoms with van der Waals surface area (Å²) in [5.41, 5.74) is 4.49. The first-order valence-electron chi connectivity index (χ1n) is 8.44. The lowest BCUT2D eigenvalue weighted by molar-refractivity contribution is -0.385. The zero-order chi connectivity index (χ0) is 19.6. The third kappa shape index (κ3) is 4.03. The fraction of sp³-hybridized carbons (Fsp3) is 0.200. The molecule has 0 spiro atoms. The number of nitrogens with zero attached hydrogens (tertiary/aromatic N) is 3. The number of benzene rings is 2. The number of hydrogen-bond donors (Lipinski definition) is 1. The van der Waals surface area contributed by atoms with Crippen LogP contribution in [-0.2, 0) is 0 Å². The van der Waals surface area contributed by atoms with Crippen molar-refractivity contribution in [2.24, 2.45) is 0 Å². The summed E-state index contributed by atoms with van der Waals surface area (Å²) in [6.45, 7) is 7.78. The van der Waals surface area contributed by atoms with Crippen molar-refractivity contribution in [3.8, 4) is 11.6 Å². The molecule has 0 unspecified atom stereocenters. The molecule has 2 aromatic carbocycles. The quantitative estimate of drug-likeness (QED) is 0.497. The minimum absolute atomic E-state index is 0.0862. The molecule has 0 bridgehead atoms. The van der Waals surface area contributed by atoms with E-state index in [1.165, 1.54) is 6.33 Å². The molecule has 0 fully saturated rings. The molecule has 1 aromatic heterocycles. The summed E-state index contributed by atoms with van der Waals surface area (Å²) < 4.78 is 5.73. The van der Waals surface area contributed by atoms with Crippen LogP contribution < -0.4 is 10.1 Å². The highest BCUT2D eigenvalue weighted by atomic mass is 16.6. The topological polar surface area (TPSA) is 90.2 Å². The van der Waals surface area contributed by atoms with E-state index in [4.69, 9.17) is 4.74 Å².